The van der Waals surface area contributed by atoms with Crippen molar-refractivity contribution < 1.29 is 4.79 Å². The molecule has 0 aliphatic heterocycles. The van der Waals surface area contributed by atoms with Crippen LogP contribution in [0.5, 0.6) is 0 Å². The molecule has 6 nitrogen and oxygen atoms in total. The number of carbonyl (C=O) groups is 1. The number of aromatic nitrogens is 3. The van der Waals surface area contributed by atoms with Crippen molar-refractivity contribution in [2.45, 2.75) is 37.8 Å². The lowest BCUT2D eigenvalue weighted by Gasteiger charge is -2.26. The van der Waals surface area contributed by atoms with Gasteiger partial charge in [0, 0.05) is 18.3 Å². The maximum atomic E-state index is 12.7. The van der Waals surface area contributed by atoms with Crippen LogP contribution in [-0.4, -0.2) is 32.9 Å². The number of pyridine rings is 1. The minimum absolute atomic E-state index is 0.0906. The predicted octanol–water partition coefficient (Wildman–Crippen LogP) is 2.69. The van der Waals surface area contributed by atoms with Crippen LogP contribution < -0.4 is 11.1 Å². The third kappa shape index (κ3) is 2.92. The Morgan fingerprint density at radius 1 is 1.29 bits per heavy atom. The number of fused-ring (bicyclic) bond motifs is 1. The van der Waals surface area contributed by atoms with Crippen LogP contribution in [0.25, 0.3) is 21.9 Å². The molecule has 1 fully saturated rings. The van der Waals surface area contributed by atoms with Crippen LogP contribution in [0, 0.1) is 0 Å². The molecule has 4 rings (SSSR count). The number of nitrogens with two attached hydrogens (primary N) is 1. The Balaban J connectivity index is 1.60. The molecule has 124 valence electrons. The number of rotatable bonds is 3. The SMILES string of the molecule is NC1CCC(NC(=O)c2ccnc3[nH]c(-c4cccs4)nc23)CC1. The van der Waals surface area contributed by atoms with E-state index in [2.05, 4.69) is 20.3 Å². The maximum Gasteiger partial charge on any atom is 0.253 e. The average molecular weight is 341 g/mol. The van der Waals surface area contributed by atoms with Crippen LogP contribution >= 0.6 is 11.3 Å². The summed E-state index contributed by atoms with van der Waals surface area (Å²) in [5.74, 6) is 0.656. The van der Waals surface area contributed by atoms with Gasteiger partial charge in [-0.05, 0) is 43.2 Å². The molecular weight excluding hydrogens is 322 g/mol. The van der Waals surface area contributed by atoms with Gasteiger partial charge in [-0.1, -0.05) is 6.07 Å². The molecule has 4 N–H and O–H groups in total. The minimum atomic E-state index is -0.0906. The highest BCUT2D eigenvalue weighted by Gasteiger charge is 2.22. The molecule has 0 aromatic carbocycles. The summed E-state index contributed by atoms with van der Waals surface area (Å²) in [6, 6.07) is 6.16. The number of imidazole rings is 1. The van der Waals surface area contributed by atoms with E-state index in [0.29, 0.717) is 16.7 Å². The van der Waals surface area contributed by atoms with Crippen LogP contribution in [0.15, 0.2) is 29.8 Å². The molecule has 24 heavy (non-hydrogen) atoms. The lowest BCUT2D eigenvalue weighted by Crippen LogP contribution is -2.40. The largest absolute Gasteiger partial charge is 0.349 e. The summed E-state index contributed by atoms with van der Waals surface area (Å²) in [7, 11) is 0. The van der Waals surface area contributed by atoms with Crippen molar-refractivity contribution >= 4 is 28.4 Å². The smallest absolute Gasteiger partial charge is 0.253 e. The van der Waals surface area contributed by atoms with Gasteiger partial charge in [0.25, 0.3) is 5.91 Å². The highest BCUT2D eigenvalue weighted by Crippen LogP contribution is 2.25. The van der Waals surface area contributed by atoms with E-state index in [9.17, 15) is 4.79 Å². The Kier molecular flexibility index (Phi) is 4.03. The number of H-pyrrole nitrogens is 1. The fraction of sp³-hybridized carbons (Fsp3) is 0.353. The second-order valence-electron chi connectivity index (χ2n) is 6.20. The second kappa shape index (κ2) is 6.33. The number of nitrogens with one attached hydrogen (secondary N) is 2. The third-order valence-electron chi connectivity index (χ3n) is 4.49. The number of nitrogens with zero attached hydrogens (tertiary/aromatic N) is 2. The molecule has 3 aromatic rings. The van der Waals surface area contributed by atoms with Crippen LogP contribution in [-0.2, 0) is 0 Å². The topological polar surface area (TPSA) is 96.7 Å². The summed E-state index contributed by atoms with van der Waals surface area (Å²) in [6.07, 6.45) is 5.43. The van der Waals surface area contributed by atoms with Gasteiger partial charge in [-0.15, -0.1) is 11.3 Å². The Morgan fingerprint density at radius 3 is 2.88 bits per heavy atom. The van der Waals surface area contributed by atoms with E-state index in [1.807, 2.05) is 17.5 Å². The Labute approximate surface area is 143 Å². The molecule has 1 aliphatic carbocycles. The van der Waals surface area contributed by atoms with Gasteiger partial charge < -0.3 is 16.0 Å². The molecule has 0 unspecified atom stereocenters. The second-order valence-corrected chi connectivity index (χ2v) is 7.15. The van der Waals surface area contributed by atoms with Gasteiger partial charge in [0.1, 0.15) is 11.3 Å². The Bertz CT molecular complexity index is 849. The van der Waals surface area contributed by atoms with E-state index in [0.717, 1.165) is 36.4 Å². The quantitative estimate of drug-likeness (QED) is 0.682. The third-order valence-corrected chi connectivity index (χ3v) is 5.37. The number of carbonyl (C=O) groups excluding carboxylic acids is 1. The molecule has 3 aromatic heterocycles. The minimum Gasteiger partial charge on any atom is -0.349 e. The summed E-state index contributed by atoms with van der Waals surface area (Å²) >= 11 is 1.60. The number of amides is 1. The zero-order valence-electron chi connectivity index (χ0n) is 13.2. The zero-order chi connectivity index (χ0) is 16.5. The van der Waals surface area contributed by atoms with Gasteiger partial charge in [0.05, 0.1) is 10.4 Å². The molecule has 0 spiro atoms. The Morgan fingerprint density at radius 2 is 2.12 bits per heavy atom. The van der Waals surface area contributed by atoms with E-state index in [4.69, 9.17) is 5.73 Å². The molecule has 0 radical (unpaired) electrons. The molecule has 0 bridgehead atoms. The van der Waals surface area contributed by atoms with Crippen LogP contribution in [0.2, 0.25) is 0 Å². The van der Waals surface area contributed by atoms with Crippen LogP contribution in [0.1, 0.15) is 36.0 Å². The first-order chi connectivity index (χ1) is 11.7. The molecule has 3 heterocycles. The summed E-state index contributed by atoms with van der Waals surface area (Å²) in [5.41, 5.74) is 7.74. The van der Waals surface area contributed by atoms with Gasteiger partial charge in [0.2, 0.25) is 0 Å². The van der Waals surface area contributed by atoms with Crippen molar-refractivity contribution in [1.82, 2.24) is 20.3 Å². The number of thiophene rings is 1. The molecule has 0 saturated heterocycles. The molecule has 0 atom stereocenters. The van der Waals surface area contributed by atoms with Crippen molar-refractivity contribution in [3.8, 4) is 10.7 Å². The van der Waals surface area contributed by atoms with Gasteiger partial charge in [0.15, 0.2) is 5.65 Å². The van der Waals surface area contributed by atoms with Crippen molar-refractivity contribution in [2.24, 2.45) is 5.73 Å². The predicted molar refractivity (Wildman–Crippen MR) is 94.9 cm³/mol. The highest BCUT2D eigenvalue weighted by molar-refractivity contribution is 7.13. The maximum absolute atomic E-state index is 12.7. The van der Waals surface area contributed by atoms with Crippen molar-refractivity contribution in [2.75, 3.05) is 0 Å². The fourth-order valence-electron chi connectivity index (χ4n) is 3.15. The monoisotopic (exact) mass is 341 g/mol. The molecular formula is C17H19N5OS. The standard InChI is InChI=1S/C17H19N5OS/c18-10-3-5-11(6-4-10)20-17(23)12-7-8-19-16-14(12)21-15(22-16)13-2-1-9-24-13/h1-2,7-11H,3-6,18H2,(H,20,23)(H,19,21,22). The van der Waals surface area contributed by atoms with Gasteiger partial charge >= 0.3 is 0 Å². The lowest BCUT2D eigenvalue weighted by atomic mass is 9.91. The van der Waals surface area contributed by atoms with Crippen molar-refractivity contribution in [3.63, 3.8) is 0 Å². The molecule has 1 aliphatic rings. The van der Waals surface area contributed by atoms with Gasteiger partial charge in [-0.3, -0.25) is 4.79 Å². The first-order valence-electron chi connectivity index (χ1n) is 8.16. The summed E-state index contributed by atoms with van der Waals surface area (Å²) < 4.78 is 0. The van der Waals surface area contributed by atoms with E-state index < -0.39 is 0 Å². The average Bonchev–Trinajstić information content (AvgIpc) is 3.25. The van der Waals surface area contributed by atoms with Gasteiger partial charge in [-0.2, -0.15) is 0 Å². The zero-order valence-corrected chi connectivity index (χ0v) is 14.0. The van der Waals surface area contributed by atoms with Crippen molar-refractivity contribution in [1.29, 1.82) is 0 Å². The Hall–Kier alpha value is -2.25. The number of hydrogen-bond acceptors (Lipinski definition) is 5. The van der Waals surface area contributed by atoms with E-state index in [1.165, 1.54) is 0 Å². The molecule has 1 amide bonds. The van der Waals surface area contributed by atoms with E-state index in [1.54, 1.807) is 23.6 Å². The first kappa shape index (κ1) is 15.3. The van der Waals surface area contributed by atoms with E-state index >= 15 is 0 Å². The summed E-state index contributed by atoms with van der Waals surface area (Å²) in [4.78, 5) is 25.8. The summed E-state index contributed by atoms with van der Waals surface area (Å²) in [6.45, 7) is 0. The normalized spacial score (nSPS) is 21.0. The number of hydrogen-bond donors (Lipinski definition) is 3. The van der Waals surface area contributed by atoms with Crippen LogP contribution in [0.4, 0.5) is 0 Å². The highest BCUT2D eigenvalue weighted by atomic mass is 32.1. The number of aromatic amines is 1. The van der Waals surface area contributed by atoms with Crippen molar-refractivity contribution in [3.05, 3.63) is 35.3 Å². The first-order valence-corrected chi connectivity index (χ1v) is 9.03. The van der Waals surface area contributed by atoms with E-state index in [-0.39, 0.29) is 18.0 Å². The summed E-state index contributed by atoms with van der Waals surface area (Å²) in [5, 5.41) is 5.12. The molecule has 7 heteroatoms. The molecule has 1 saturated carbocycles. The fourth-order valence-corrected chi connectivity index (χ4v) is 3.82. The van der Waals surface area contributed by atoms with Crippen LogP contribution in [0.3, 0.4) is 0 Å². The lowest BCUT2D eigenvalue weighted by molar-refractivity contribution is 0.0927. The van der Waals surface area contributed by atoms with Gasteiger partial charge in [-0.25, -0.2) is 9.97 Å².